The Bertz CT molecular complexity index is 595. The second-order valence-corrected chi connectivity index (χ2v) is 5.39. The van der Waals surface area contributed by atoms with E-state index in [9.17, 15) is 4.79 Å². The van der Waals surface area contributed by atoms with Gasteiger partial charge in [-0.25, -0.2) is 0 Å². The first-order valence-electron chi connectivity index (χ1n) is 5.84. The smallest absolute Gasteiger partial charge is 0.264 e. The Morgan fingerprint density at radius 2 is 2.05 bits per heavy atom. The summed E-state index contributed by atoms with van der Waals surface area (Å²) >= 11 is 1.33. The molecule has 0 aliphatic rings. The predicted molar refractivity (Wildman–Crippen MR) is 74.7 cm³/mol. The number of rotatable bonds is 4. The standard InChI is InChI=1S/C13H15N3O2S/c1-8-4-5-11(6-9(8)2)18-7-12(17)14-13-16-15-10(3)19-13/h4-6H,7H2,1-3H3,(H,14,16,17). The molecule has 1 aromatic heterocycles. The highest BCUT2D eigenvalue weighted by Gasteiger charge is 2.07. The quantitative estimate of drug-likeness (QED) is 0.932. The lowest BCUT2D eigenvalue weighted by Gasteiger charge is -2.07. The summed E-state index contributed by atoms with van der Waals surface area (Å²) in [4.78, 5) is 11.6. The summed E-state index contributed by atoms with van der Waals surface area (Å²) in [6.07, 6.45) is 0. The van der Waals surface area contributed by atoms with Gasteiger partial charge in [-0.3, -0.25) is 10.1 Å². The van der Waals surface area contributed by atoms with Crippen LogP contribution in [0, 0.1) is 20.8 Å². The van der Waals surface area contributed by atoms with Gasteiger partial charge in [-0.15, -0.1) is 10.2 Å². The number of carbonyl (C=O) groups is 1. The van der Waals surface area contributed by atoms with Gasteiger partial charge in [0.25, 0.3) is 5.91 Å². The van der Waals surface area contributed by atoms with Crippen molar-refractivity contribution >= 4 is 22.4 Å². The average molecular weight is 277 g/mol. The van der Waals surface area contributed by atoms with E-state index in [-0.39, 0.29) is 12.5 Å². The Morgan fingerprint density at radius 3 is 2.68 bits per heavy atom. The van der Waals surface area contributed by atoms with Crippen LogP contribution >= 0.6 is 11.3 Å². The van der Waals surface area contributed by atoms with Crippen LogP contribution in [-0.4, -0.2) is 22.7 Å². The van der Waals surface area contributed by atoms with Crippen molar-refractivity contribution in [3.05, 3.63) is 34.3 Å². The molecule has 2 aromatic rings. The van der Waals surface area contributed by atoms with Gasteiger partial charge in [0.05, 0.1) is 0 Å². The number of nitrogens with zero attached hydrogens (tertiary/aromatic N) is 2. The van der Waals surface area contributed by atoms with E-state index in [0.717, 1.165) is 10.6 Å². The Hall–Kier alpha value is -1.95. The van der Waals surface area contributed by atoms with Crippen molar-refractivity contribution in [2.45, 2.75) is 20.8 Å². The zero-order valence-electron chi connectivity index (χ0n) is 11.1. The van der Waals surface area contributed by atoms with Gasteiger partial charge in [0, 0.05) is 0 Å². The number of hydrogen-bond donors (Lipinski definition) is 1. The molecular weight excluding hydrogens is 262 g/mol. The molecule has 0 fully saturated rings. The molecule has 2 rings (SSSR count). The molecule has 100 valence electrons. The molecule has 0 aliphatic heterocycles. The van der Waals surface area contributed by atoms with Gasteiger partial charge in [-0.2, -0.15) is 0 Å². The van der Waals surface area contributed by atoms with Gasteiger partial charge >= 0.3 is 0 Å². The Labute approximate surface area is 115 Å². The Kier molecular flexibility index (Phi) is 4.11. The van der Waals surface area contributed by atoms with E-state index in [4.69, 9.17) is 4.74 Å². The molecule has 0 spiro atoms. The zero-order chi connectivity index (χ0) is 13.8. The van der Waals surface area contributed by atoms with Crippen molar-refractivity contribution in [2.75, 3.05) is 11.9 Å². The summed E-state index contributed by atoms with van der Waals surface area (Å²) in [5.41, 5.74) is 2.33. The van der Waals surface area contributed by atoms with E-state index in [0.29, 0.717) is 10.9 Å². The maximum Gasteiger partial charge on any atom is 0.264 e. The summed E-state index contributed by atoms with van der Waals surface area (Å²) < 4.78 is 5.43. The van der Waals surface area contributed by atoms with Crippen molar-refractivity contribution in [1.82, 2.24) is 10.2 Å². The molecule has 6 heteroatoms. The van der Waals surface area contributed by atoms with Crippen LogP contribution in [0.25, 0.3) is 0 Å². The second-order valence-electron chi connectivity index (χ2n) is 4.21. The van der Waals surface area contributed by atoms with Crippen LogP contribution in [0.5, 0.6) is 5.75 Å². The van der Waals surface area contributed by atoms with Gasteiger partial charge in [-0.05, 0) is 44.0 Å². The molecule has 1 amide bonds. The summed E-state index contributed by atoms with van der Waals surface area (Å²) in [6.45, 7) is 5.83. The highest BCUT2D eigenvalue weighted by Crippen LogP contribution is 2.17. The van der Waals surface area contributed by atoms with Gasteiger partial charge in [0.15, 0.2) is 6.61 Å². The predicted octanol–water partition coefficient (Wildman–Crippen LogP) is 2.48. The van der Waals surface area contributed by atoms with Crippen LogP contribution in [0.2, 0.25) is 0 Å². The maximum absolute atomic E-state index is 11.6. The third-order valence-electron chi connectivity index (χ3n) is 2.62. The van der Waals surface area contributed by atoms with E-state index in [2.05, 4.69) is 15.5 Å². The fourth-order valence-corrected chi connectivity index (χ4v) is 2.06. The SMILES string of the molecule is Cc1nnc(NC(=O)COc2ccc(C)c(C)c2)s1. The molecule has 0 aliphatic carbocycles. The fourth-order valence-electron chi connectivity index (χ4n) is 1.46. The molecule has 1 aromatic carbocycles. The maximum atomic E-state index is 11.6. The molecule has 1 N–H and O–H groups in total. The highest BCUT2D eigenvalue weighted by molar-refractivity contribution is 7.15. The molecular formula is C13H15N3O2S. The van der Waals surface area contributed by atoms with Crippen LogP contribution in [0.1, 0.15) is 16.1 Å². The molecule has 5 nitrogen and oxygen atoms in total. The number of aromatic nitrogens is 2. The molecule has 0 saturated heterocycles. The number of benzene rings is 1. The zero-order valence-corrected chi connectivity index (χ0v) is 11.9. The number of carbonyl (C=O) groups excluding carboxylic acids is 1. The number of hydrogen-bond acceptors (Lipinski definition) is 5. The minimum Gasteiger partial charge on any atom is -0.484 e. The van der Waals surface area contributed by atoms with Crippen LogP contribution in [-0.2, 0) is 4.79 Å². The van der Waals surface area contributed by atoms with Crippen molar-refractivity contribution < 1.29 is 9.53 Å². The first-order chi connectivity index (χ1) is 9.04. The van der Waals surface area contributed by atoms with Crippen molar-refractivity contribution in [2.24, 2.45) is 0 Å². The molecule has 0 bridgehead atoms. The van der Waals surface area contributed by atoms with Crippen molar-refractivity contribution in [3.63, 3.8) is 0 Å². The summed E-state index contributed by atoms with van der Waals surface area (Å²) in [5, 5.41) is 11.6. The summed E-state index contributed by atoms with van der Waals surface area (Å²) in [5.74, 6) is 0.445. The largest absolute Gasteiger partial charge is 0.484 e. The van der Waals surface area contributed by atoms with Gasteiger partial charge < -0.3 is 4.74 Å². The summed E-state index contributed by atoms with van der Waals surface area (Å²) in [7, 11) is 0. The molecule has 1 heterocycles. The van der Waals surface area contributed by atoms with E-state index in [1.54, 1.807) is 0 Å². The van der Waals surface area contributed by atoms with Crippen molar-refractivity contribution in [3.8, 4) is 5.75 Å². The van der Waals surface area contributed by atoms with Gasteiger partial charge in [0.2, 0.25) is 5.13 Å². The van der Waals surface area contributed by atoms with Crippen LogP contribution in [0.3, 0.4) is 0 Å². The fraction of sp³-hybridized carbons (Fsp3) is 0.308. The lowest BCUT2D eigenvalue weighted by Crippen LogP contribution is -2.20. The van der Waals surface area contributed by atoms with Crippen LogP contribution < -0.4 is 10.1 Å². The normalized spacial score (nSPS) is 10.3. The molecule has 0 saturated carbocycles. The lowest BCUT2D eigenvalue weighted by atomic mass is 10.1. The number of aryl methyl sites for hydroxylation is 3. The topological polar surface area (TPSA) is 64.1 Å². The van der Waals surface area contributed by atoms with Crippen LogP contribution in [0.4, 0.5) is 5.13 Å². The average Bonchev–Trinajstić information content (AvgIpc) is 2.76. The molecule has 0 radical (unpaired) electrons. The van der Waals surface area contributed by atoms with Crippen molar-refractivity contribution in [1.29, 1.82) is 0 Å². The third-order valence-corrected chi connectivity index (χ3v) is 3.37. The van der Waals surface area contributed by atoms with E-state index < -0.39 is 0 Å². The number of nitrogens with one attached hydrogen (secondary N) is 1. The molecule has 0 atom stereocenters. The van der Waals surface area contributed by atoms with Crippen LogP contribution in [0.15, 0.2) is 18.2 Å². The second kappa shape index (κ2) is 5.79. The number of amides is 1. The van der Waals surface area contributed by atoms with E-state index in [1.807, 2.05) is 39.0 Å². The number of anilines is 1. The summed E-state index contributed by atoms with van der Waals surface area (Å²) in [6, 6.07) is 5.74. The van der Waals surface area contributed by atoms with E-state index >= 15 is 0 Å². The first kappa shape index (κ1) is 13.5. The first-order valence-corrected chi connectivity index (χ1v) is 6.66. The Balaban J connectivity index is 1.88. The van der Waals surface area contributed by atoms with Gasteiger partial charge in [0.1, 0.15) is 10.8 Å². The highest BCUT2D eigenvalue weighted by atomic mass is 32.1. The van der Waals surface area contributed by atoms with Gasteiger partial charge in [-0.1, -0.05) is 17.4 Å². The van der Waals surface area contributed by atoms with E-state index in [1.165, 1.54) is 16.9 Å². The monoisotopic (exact) mass is 277 g/mol. The minimum absolute atomic E-state index is 0.0405. The lowest BCUT2D eigenvalue weighted by molar-refractivity contribution is -0.118. The molecule has 19 heavy (non-hydrogen) atoms. The molecule has 0 unspecified atom stereocenters. The third kappa shape index (κ3) is 3.75. The minimum atomic E-state index is -0.241. The number of ether oxygens (including phenoxy) is 1. The Morgan fingerprint density at radius 1 is 1.26 bits per heavy atom.